The number of aliphatic hydroxyl groups is 1. The highest BCUT2D eigenvalue weighted by Crippen LogP contribution is 2.44. The van der Waals surface area contributed by atoms with Gasteiger partial charge in [-0.05, 0) is 89.6 Å². The van der Waals surface area contributed by atoms with Gasteiger partial charge in [0.25, 0.3) is 0 Å². The molecule has 8 nitrogen and oxygen atoms in total. The Morgan fingerprint density at radius 1 is 1.13 bits per heavy atom. The maximum absolute atomic E-state index is 12.7. The van der Waals surface area contributed by atoms with Crippen LogP contribution in [0.2, 0.25) is 0 Å². The second-order valence-electron chi connectivity index (χ2n) is 10.9. The summed E-state index contributed by atoms with van der Waals surface area (Å²) in [4.78, 5) is 27.7. The maximum Gasteiger partial charge on any atom is 0.334 e. The van der Waals surface area contributed by atoms with Crippen LogP contribution in [0.25, 0.3) is 21.8 Å². The molecule has 0 spiro atoms. The van der Waals surface area contributed by atoms with Crippen LogP contribution in [0.4, 0.5) is 5.95 Å². The van der Waals surface area contributed by atoms with Crippen molar-refractivity contribution in [1.29, 1.82) is 0 Å². The predicted octanol–water partition coefficient (Wildman–Crippen LogP) is 5.88. The van der Waals surface area contributed by atoms with Crippen LogP contribution in [0.3, 0.4) is 0 Å². The van der Waals surface area contributed by atoms with Crippen LogP contribution in [-0.4, -0.2) is 44.8 Å². The smallest absolute Gasteiger partial charge is 0.334 e. The molecule has 0 amide bonds. The van der Waals surface area contributed by atoms with E-state index in [-0.39, 0.29) is 5.97 Å². The summed E-state index contributed by atoms with van der Waals surface area (Å²) in [7, 11) is 1.64. The van der Waals surface area contributed by atoms with E-state index in [0.717, 1.165) is 40.4 Å². The zero-order chi connectivity index (χ0) is 26.9. The minimum atomic E-state index is -1.17. The van der Waals surface area contributed by atoms with Gasteiger partial charge >= 0.3 is 5.97 Å². The first kappa shape index (κ1) is 26.3. The molecule has 5 rings (SSSR count). The highest BCUT2D eigenvalue weighted by molar-refractivity contribution is 7.15. The van der Waals surface area contributed by atoms with E-state index < -0.39 is 11.2 Å². The number of nitrogens with one attached hydrogen (secondary N) is 1. The lowest BCUT2D eigenvalue weighted by atomic mass is 9.94. The molecule has 1 fully saturated rings. The summed E-state index contributed by atoms with van der Waals surface area (Å²) < 4.78 is 10.9. The molecule has 0 saturated heterocycles. The van der Waals surface area contributed by atoms with Crippen molar-refractivity contribution in [3.8, 4) is 27.6 Å². The van der Waals surface area contributed by atoms with Crippen LogP contribution >= 0.6 is 11.3 Å². The van der Waals surface area contributed by atoms with E-state index in [4.69, 9.17) is 19.4 Å². The van der Waals surface area contributed by atoms with Crippen molar-refractivity contribution in [2.24, 2.45) is 0 Å². The molecule has 0 radical (unpaired) electrons. The van der Waals surface area contributed by atoms with Crippen LogP contribution in [-0.2, 0) is 15.1 Å². The number of allylic oxidation sites excluding steroid dienone is 1. The van der Waals surface area contributed by atoms with E-state index >= 15 is 0 Å². The predicted molar refractivity (Wildman–Crippen MR) is 148 cm³/mol. The van der Waals surface area contributed by atoms with Gasteiger partial charge in [-0.15, -0.1) is 11.3 Å². The second-order valence-corrected chi connectivity index (χ2v) is 11.9. The number of benzene rings is 1. The molecule has 0 aliphatic heterocycles. The largest absolute Gasteiger partial charge is 0.497 e. The SMILES string of the molecule is COc1ccc(-c2nc(C3(O)CCC=C(C(=O)OC(C)(C)C)CC3)sc2-c2ccnc(NC3CC3)n2)cc1. The zero-order valence-corrected chi connectivity index (χ0v) is 23.1. The fourth-order valence-electron chi connectivity index (χ4n) is 4.40. The number of ether oxygens (including phenoxy) is 2. The Morgan fingerprint density at radius 2 is 1.89 bits per heavy atom. The topological polar surface area (TPSA) is 106 Å². The number of anilines is 1. The molecule has 1 atom stereocenters. The lowest BCUT2D eigenvalue weighted by Gasteiger charge is -2.24. The fourth-order valence-corrected chi connectivity index (χ4v) is 5.60. The van der Waals surface area contributed by atoms with Gasteiger partial charge in [-0.25, -0.2) is 19.7 Å². The molecule has 2 heterocycles. The van der Waals surface area contributed by atoms with Gasteiger partial charge in [-0.2, -0.15) is 0 Å². The van der Waals surface area contributed by atoms with Gasteiger partial charge in [0.2, 0.25) is 5.95 Å². The van der Waals surface area contributed by atoms with Crippen molar-refractivity contribution in [3.05, 3.63) is 53.2 Å². The molecule has 2 aromatic heterocycles. The minimum absolute atomic E-state index is 0.322. The van der Waals surface area contributed by atoms with Gasteiger partial charge in [-0.1, -0.05) is 6.08 Å². The van der Waals surface area contributed by atoms with E-state index in [9.17, 15) is 9.90 Å². The van der Waals surface area contributed by atoms with Gasteiger partial charge in [0.15, 0.2) is 0 Å². The van der Waals surface area contributed by atoms with Crippen LogP contribution in [0.5, 0.6) is 5.75 Å². The van der Waals surface area contributed by atoms with Gasteiger partial charge in [0.1, 0.15) is 22.0 Å². The average Bonchev–Trinajstić information content (AvgIpc) is 3.62. The Balaban J connectivity index is 1.48. The van der Waals surface area contributed by atoms with Gasteiger partial charge in [-0.3, -0.25) is 0 Å². The number of carbonyl (C=O) groups is 1. The molecule has 9 heteroatoms. The Hall–Kier alpha value is -3.30. The number of methoxy groups -OCH3 is 1. The Morgan fingerprint density at radius 3 is 2.58 bits per heavy atom. The molecule has 200 valence electrons. The molecular formula is C29H34N4O4S. The molecule has 1 aromatic carbocycles. The standard InChI is InChI=1S/C29H34N4O4S/c1-28(2,3)37-25(34)19-6-5-15-29(35,16-13-19)26-33-23(18-7-11-21(36-4)12-8-18)24(38-26)22-14-17-30-27(32-22)31-20-9-10-20/h6-8,11-12,14,17,20,35H,5,9-10,13,15-16H2,1-4H3,(H,30,31,32). The molecule has 1 unspecified atom stereocenters. The Labute approximate surface area is 227 Å². The summed E-state index contributed by atoms with van der Waals surface area (Å²) in [6.07, 6.45) is 7.72. The number of carbonyl (C=O) groups excluding carboxylic acids is 1. The van der Waals surface area contributed by atoms with Crippen molar-refractivity contribution >= 4 is 23.3 Å². The van der Waals surface area contributed by atoms with Crippen LogP contribution in [0, 0.1) is 0 Å². The molecule has 38 heavy (non-hydrogen) atoms. The first-order valence-corrected chi connectivity index (χ1v) is 13.9. The van der Waals surface area contributed by atoms with E-state index in [0.29, 0.717) is 48.3 Å². The monoisotopic (exact) mass is 534 g/mol. The third-order valence-electron chi connectivity index (χ3n) is 6.61. The summed E-state index contributed by atoms with van der Waals surface area (Å²) in [5.41, 5.74) is 1.28. The summed E-state index contributed by atoms with van der Waals surface area (Å²) in [6.45, 7) is 5.57. The number of hydrogen-bond acceptors (Lipinski definition) is 9. The minimum Gasteiger partial charge on any atom is -0.497 e. The number of nitrogens with zero attached hydrogens (tertiary/aromatic N) is 3. The van der Waals surface area contributed by atoms with E-state index in [1.807, 2.05) is 57.2 Å². The van der Waals surface area contributed by atoms with Gasteiger partial charge in [0, 0.05) is 23.4 Å². The number of hydrogen-bond donors (Lipinski definition) is 2. The first-order chi connectivity index (χ1) is 18.1. The molecule has 2 N–H and O–H groups in total. The fraction of sp³-hybridized carbons (Fsp3) is 0.448. The van der Waals surface area contributed by atoms with Crippen molar-refractivity contribution in [2.45, 2.75) is 76.5 Å². The van der Waals surface area contributed by atoms with E-state index in [2.05, 4.69) is 10.3 Å². The van der Waals surface area contributed by atoms with Crippen LogP contribution in [0.1, 0.15) is 64.3 Å². The quantitative estimate of drug-likeness (QED) is 0.362. The molecular weight excluding hydrogens is 500 g/mol. The number of aromatic nitrogens is 3. The lowest BCUT2D eigenvalue weighted by Crippen LogP contribution is -2.26. The summed E-state index contributed by atoms with van der Waals surface area (Å²) in [5, 5.41) is 15.8. The molecule has 2 aliphatic carbocycles. The van der Waals surface area contributed by atoms with Crippen molar-refractivity contribution in [1.82, 2.24) is 15.0 Å². The second kappa shape index (κ2) is 10.5. The number of rotatable bonds is 7. The highest BCUT2D eigenvalue weighted by atomic mass is 32.1. The summed E-state index contributed by atoms with van der Waals surface area (Å²) in [6, 6.07) is 10.0. The van der Waals surface area contributed by atoms with Gasteiger partial charge < -0.3 is 19.9 Å². The maximum atomic E-state index is 12.7. The third kappa shape index (κ3) is 6.05. The number of thiazole rings is 1. The third-order valence-corrected chi connectivity index (χ3v) is 7.88. The first-order valence-electron chi connectivity index (χ1n) is 13.0. The molecule has 2 aliphatic rings. The molecule has 1 saturated carbocycles. The number of esters is 1. The van der Waals surface area contributed by atoms with Crippen molar-refractivity contribution in [2.75, 3.05) is 12.4 Å². The van der Waals surface area contributed by atoms with E-state index in [1.165, 1.54) is 11.3 Å². The summed E-state index contributed by atoms with van der Waals surface area (Å²) >= 11 is 1.45. The summed E-state index contributed by atoms with van der Waals surface area (Å²) in [5.74, 6) is 1.03. The van der Waals surface area contributed by atoms with E-state index in [1.54, 1.807) is 13.3 Å². The van der Waals surface area contributed by atoms with Crippen LogP contribution in [0.15, 0.2) is 48.2 Å². The zero-order valence-electron chi connectivity index (χ0n) is 22.3. The average molecular weight is 535 g/mol. The molecule has 3 aromatic rings. The molecule has 0 bridgehead atoms. The van der Waals surface area contributed by atoms with Crippen molar-refractivity contribution in [3.63, 3.8) is 0 Å². The van der Waals surface area contributed by atoms with Gasteiger partial charge in [0.05, 0.1) is 23.4 Å². The lowest BCUT2D eigenvalue weighted by molar-refractivity contribution is -0.150. The Bertz CT molecular complexity index is 1340. The Kier molecular flexibility index (Phi) is 7.24. The van der Waals surface area contributed by atoms with Crippen LogP contribution < -0.4 is 10.1 Å². The van der Waals surface area contributed by atoms with Crippen molar-refractivity contribution < 1.29 is 19.4 Å². The highest BCUT2D eigenvalue weighted by Gasteiger charge is 2.36. The normalized spacial score (nSPS) is 19.9.